The van der Waals surface area contributed by atoms with E-state index in [-0.39, 0.29) is 6.61 Å². The fraction of sp³-hybridized carbons (Fsp3) is 0.150. The number of aliphatic hydroxyl groups is 1. The Labute approximate surface area is 156 Å². The van der Waals surface area contributed by atoms with Crippen LogP contribution in [0, 0.1) is 6.92 Å². The Balaban J connectivity index is 1.97. The number of ether oxygens (including phenoxy) is 1. The molecule has 0 bridgehead atoms. The van der Waals surface area contributed by atoms with E-state index >= 15 is 0 Å². The van der Waals surface area contributed by atoms with Gasteiger partial charge in [-0.3, -0.25) is 0 Å². The van der Waals surface area contributed by atoms with E-state index in [1.807, 2.05) is 43.3 Å². The molecule has 0 aliphatic carbocycles. The SMILES string of the molecule is Cc1c(CO)cc(-c2cc(Cl)cc(Cl)c2)nc1OCc1ccccc1. The van der Waals surface area contributed by atoms with E-state index in [0.29, 0.717) is 28.2 Å². The Morgan fingerprint density at radius 3 is 2.32 bits per heavy atom. The normalized spacial score (nSPS) is 10.7. The fourth-order valence-electron chi connectivity index (χ4n) is 2.52. The van der Waals surface area contributed by atoms with Crippen molar-refractivity contribution in [3.63, 3.8) is 0 Å². The van der Waals surface area contributed by atoms with Crippen molar-refractivity contribution in [2.24, 2.45) is 0 Å². The van der Waals surface area contributed by atoms with Crippen LogP contribution < -0.4 is 4.74 Å². The molecular weight excluding hydrogens is 357 g/mol. The largest absolute Gasteiger partial charge is 0.473 e. The molecule has 1 heterocycles. The van der Waals surface area contributed by atoms with Gasteiger partial charge in [0, 0.05) is 21.2 Å². The number of pyridine rings is 1. The van der Waals surface area contributed by atoms with Crippen molar-refractivity contribution in [3.8, 4) is 17.1 Å². The van der Waals surface area contributed by atoms with E-state index in [2.05, 4.69) is 4.98 Å². The summed E-state index contributed by atoms with van der Waals surface area (Å²) < 4.78 is 5.90. The standard InChI is InChI=1S/C20H17Cl2NO2/c1-13-16(11-24)9-19(15-7-17(21)10-18(22)8-15)23-20(13)25-12-14-5-3-2-4-6-14/h2-10,24H,11-12H2,1H3. The van der Waals surface area contributed by atoms with E-state index < -0.39 is 0 Å². The van der Waals surface area contributed by atoms with Crippen LogP contribution in [0.2, 0.25) is 10.0 Å². The molecular formula is C20H17Cl2NO2. The lowest BCUT2D eigenvalue weighted by molar-refractivity contribution is 0.272. The summed E-state index contributed by atoms with van der Waals surface area (Å²) in [6, 6.07) is 16.9. The summed E-state index contributed by atoms with van der Waals surface area (Å²) in [7, 11) is 0. The van der Waals surface area contributed by atoms with Crippen LogP contribution in [0.4, 0.5) is 0 Å². The number of rotatable bonds is 5. The van der Waals surface area contributed by atoms with E-state index in [1.54, 1.807) is 18.2 Å². The molecule has 0 saturated carbocycles. The number of halogens is 2. The number of aromatic nitrogens is 1. The molecule has 3 rings (SSSR count). The Morgan fingerprint density at radius 2 is 1.68 bits per heavy atom. The molecule has 128 valence electrons. The zero-order valence-corrected chi connectivity index (χ0v) is 15.2. The van der Waals surface area contributed by atoms with Crippen molar-refractivity contribution in [1.82, 2.24) is 4.98 Å². The van der Waals surface area contributed by atoms with Crippen molar-refractivity contribution < 1.29 is 9.84 Å². The van der Waals surface area contributed by atoms with Gasteiger partial charge in [-0.05, 0) is 42.3 Å². The number of aliphatic hydroxyl groups excluding tert-OH is 1. The molecule has 25 heavy (non-hydrogen) atoms. The molecule has 0 aliphatic heterocycles. The molecule has 0 fully saturated rings. The van der Waals surface area contributed by atoms with Gasteiger partial charge in [0.25, 0.3) is 0 Å². The lowest BCUT2D eigenvalue weighted by Gasteiger charge is -2.14. The zero-order valence-electron chi connectivity index (χ0n) is 13.7. The molecule has 2 aromatic carbocycles. The molecule has 0 spiro atoms. The maximum absolute atomic E-state index is 9.67. The van der Waals surface area contributed by atoms with Gasteiger partial charge in [0.1, 0.15) is 6.61 Å². The van der Waals surface area contributed by atoms with Crippen LogP contribution in [0.5, 0.6) is 5.88 Å². The van der Waals surface area contributed by atoms with Gasteiger partial charge in [0.2, 0.25) is 5.88 Å². The van der Waals surface area contributed by atoms with Crippen LogP contribution in [0.1, 0.15) is 16.7 Å². The molecule has 3 nitrogen and oxygen atoms in total. The van der Waals surface area contributed by atoms with E-state index in [9.17, 15) is 5.11 Å². The maximum Gasteiger partial charge on any atom is 0.217 e. The predicted octanol–water partition coefficient (Wildman–Crippen LogP) is 5.44. The first-order valence-electron chi connectivity index (χ1n) is 7.81. The summed E-state index contributed by atoms with van der Waals surface area (Å²) in [5.74, 6) is 0.488. The monoisotopic (exact) mass is 373 g/mol. The van der Waals surface area contributed by atoms with Crippen LogP contribution in [0.25, 0.3) is 11.3 Å². The molecule has 5 heteroatoms. The molecule has 3 aromatic rings. The highest BCUT2D eigenvalue weighted by Crippen LogP contribution is 2.30. The lowest BCUT2D eigenvalue weighted by Crippen LogP contribution is -2.03. The summed E-state index contributed by atoms with van der Waals surface area (Å²) in [5, 5.41) is 10.7. The number of nitrogens with zero attached hydrogens (tertiary/aromatic N) is 1. The highest BCUT2D eigenvalue weighted by Gasteiger charge is 2.12. The second-order valence-electron chi connectivity index (χ2n) is 5.69. The van der Waals surface area contributed by atoms with Crippen LogP contribution in [0.3, 0.4) is 0 Å². The lowest BCUT2D eigenvalue weighted by atomic mass is 10.1. The second kappa shape index (κ2) is 7.87. The van der Waals surface area contributed by atoms with E-state index in [4.69, 9.17) is 27.9 Å². The Bertz CT molecular complexity index is 862. The Morgan fingerprint density at radius 1 is 1.00 bits per heavy atom. The quantitative estimate of drug-likeness (QED) is 0.647. The first-order valence-corrected chi connectivity index (χ1v) is 8.57. The predicted molar refractivity (Wildman–Crippen MR) is 101 cm³/mol. The third-order valence-corrected chi connectivity index (χ3v) is 4.32. The van der Waals surface area contributed by atoms with E-state index in [1.165, 1.54) is 0 Å². The van der Waals surface area contributed by atoms with Gasteiger partial charge in [0.05, 0.1) is 12.3 Å². The van der Waals surface area contributed by atoms with Crippen molar-refractivity contribution in [2.45, 2.75) is 20.1 Å². The molecule has 0 amide bonds. The zero-order chi connectivity index (χ0) is 17.8. The summed E-state index contributed by atoms with van der Waals surface area (Å²) >= 11 is 12.2. The van der Waals surface area contributed by atoms with Gasteiger partial charge in [-0.2, -0.15) is 0 Å². The third kappa shape index (κ3) is 4.31. The van der Waals surface area contributed by atoms with Crippen molar-refractivity contribution in [3.05, 3.63) is 81.3 Å². The van der Waals surface area contributed by atoms with Crippen LogP contribution in [0.15, 0.2) is 54.6 Å². The Hall–Kier alpha value is -2.07. The van der Waals surface area contributed by atoms with Crippen molar-refractivity contribution in [2.75, 3.05) is 0 Å². The molecule has 1 aromatic heterocycles. The third-order valence-electron chi connectivity index (χ3n) is 3.88. The van der Waals surface area contributed by atoms with Gasteiger partial charge >= 0.3 is 0 Å². The van der Waals surface area contributed by atoms with Crippen LogP contribution in [-0.2, 0) is 13.2 Å². The summed E-state index contributed by atoms with van der Waals surface area (Å²) in [6.07, 6.45) is 0. The fourth-order valence-corrected chi connectivity index (χ4v) is 3.04. The molecule has 0 radical (unpaired) electrons. The molecule has 1 N–H and O–H groups in total. The number of benzene rings is 2. The van der Waals surface area contributed by atoms with Gasteiger partial charge in [-0.1, -0.05) is 53.5 Å². The summed E-state index contributed by atoms with van der Waals surface area (Å²) in [5.41, 5.74) is 4.05. The second-order valence-corrected chi connectivity index (χ2v) is 6.56. The molecule has 0 aliphatic rings. The minimum Gasteiger partial charge on any atom is -0.473 e. The maximum atomic E-state index is 9.67. The highest BCUT2D eigenvalue weighted by atomic mass is 35.5. The summed E-state index contributed by atoms with van der Waals surface area (Å²) in [4.78, 5) is 4.60. The summed E-state index contributed by atoms with van der Waals surface area (Å²) in [6.45, 7) is 2.18. The Kier molecular flexibility index (Phi) is 5.59. The smallest absolute Gasteiger partial charge is 0.217 e. The first-order chi connectivity index (χ1) is 12.1. The average Bonchev–Trinajstić information content (AvgIpc) is 2.61. The molecule has 0 unspecified atom stereocenters. The van der Waals surface area contributed by atoms with Gasteiger partial charge in [-0.25, -0.2) is 4.98 Å². The number of hydrogen-bond donors (Lipinski definition) is 1. The average molecular weight is 374 g/mol. The first kappa shape index (κ1) is 17.7. The topological polar surface area (TPSA) is 42.4 Å². The van der Waals surface area contributed by atoms with Crippen molar-refractivity contribution >= 4 is 23.2 Å². The highest BCUT2D eigenvalue weighted by molar-refractivity contribution is 6.35. The molecule has 0 saturated heterocycles. The number of hydrogen-bond acceptors (Lipinski definition) is 3. The minimum absolute atomic E-state index is 0.0999. The van der Waals surface area contributed by atoms with Crippen LogP contribution in [-0.4, -0.2) is 10.1 Å². The van der Waals surface area contributed by atoms with Crippen molar-refractivity contribution in [1.29, 1.82) is 0 Å². The van der Waals surface area contributed by atoms with Gasteiger partial charge < -0.3 is 9.84 Å². The van der Waals surface area contributed by atoms with Gasteiger partial charge in [-0.15, -0.1) is 0 Å². The molecule has 0 atom stereocenters. The van der Waals surface area contributed by atoms with Gasteiger partial charge in [0.15, 0.2) is 0 Å². The van der Waals surface area contributed by atoms with Crippen LogP contribution >= 0.6 is 23.2 Å². The minimum atomic E-state index is -0.0999. The van der Waals surface area contributed by atoms with E-state index in [0.717, 1.165) is 22.3 Å².